The predicted molar refractivity (Wildman–Crippen MR) is 85.8 cm³/mol. The van der Waals surface area contributed by atoms with Crippen LogP contribution in [0.25, 0.3) is 0 Å². The summed E-state index contributed by atoms with van der Waals surface area (Å²) in [6, 6.07) is 8.76. The molecular weight excluding hydrogens is 264 g/mol. The van der Waals surface area contributed by atoms with E-state index in [1.54, 1.807) is 7.11 Å². The molecule has 0 bridgehead atoms. The van der Waals surface area contributed by atoms with E-state index < -0.39 is 0 Å². The van der Waals surface area contributed by atoms with E-state index in [2.05, 4.69) is 30.9 Å². The first-order valence-corrected chi connectivity index (χ1v) is 7.80. The van der Waals surface area contributed by atoms with Gasteiger partial charge >= 0.3 is 0 Å². The van der Waals surface area contributed by atoms with E-state index in [1.165, 1.54) is 5.56 Å². The van der Waals surface area contributed by atoms with Gasteiger partial charge in [0.2, 0.25) is 0 Å². The Balaban J connectivity index is 2.14. The van der Waals surface area contributed by atoms with Crippen molar-refractivity contribution >= 4 is 0 Å². The molecule has 2 atom stereocenters. The van der Waals surface area contributed by atoms with Crippen molar-refractivity contribution in [2.45, 2.75) is 38.3 Å². The normalized spacial score (nSPS) is 22.8. The molecule has 2 N–H and O–H groups in total. The van der Waals surface area contributed by atoms with Crippen LogP contribution in [-0.4, -0.2) is 49.9 Å². The second kappa shape index (κ2) is 7.25. The van der Waals surface area contributed by atoms with Crippen LogP contribution in [0.15, 0.2) is 24.3 Å². The van der Waals surface area contributed by atoms with Gasteiger partial charge in [0.1, 0.15) is 5.75 Å². The molecule has 1 fully saturated rings. The van der Waals surface area contributed by atoms with Crippen molar-refractivity contribution in [2.75, 3.05) is 33.4 Å². The first-order valence-electron chi connectivity index (χ1n) is 7.80. The summed E-state index contributed by atoms with van der Waals surface area (Å²) in [7, 11) is 1.69. The maximum atomic E-state index is 6.15. The third kappa shape index (κ3) is 3.76. The van der Waals surface area contributed by atoms with Crippen LogP contribution in [0.1, 0.15) is 25.8 Å². The molecule has 2 rings (SSSR count). The number of rotatable bonds is 6. The number of morpholine rings is 1. The summed E-state index contributed by atoms with van der Waals surface area (Å²) in [6.45, 7) is 7.71. The van der Waals surface area contributed by atoms with Crippen molar-refractivity contribution in [3.63, 3.8) is 0 Å². The summed E-state index contributed by atoms with van der Waals surface area (Å²) in [5.41, 5.74) is 7.42. The standard InChI is InChI=1S/C17H28N2O2/c1-4-15-12-21-10-9-19(15)17(2,13-18)11-14-5-7-16(20-3)8-6-14/h5-8,15H,4,9-13,18H2,1-3H3. The molecule has 0 aliphatic carbocycles. The van der Waals surface area contributed by atoms with E-state index in [9.17, 15) is 0 Å². The number of methoxy groups -OCH3 is 1. The van der Waals surface area contributed by atoms with Gasteiger partial charge in [-0.3, -0.25) is 4.90 Å². The lowest BCUT2D eigenvalue weighted by atomic mass is 9.88. The number of ether oxygens (including phenoxy) is 2. The van der Waals surface area contributed by atoms with Crippen LogP contribution < -0.4 is 10.5 Å². The van der Waals surface area contributed by atoms with Crippen molar-refractivity contribution in [3.8, 4) is 5.75 Å². The Hall–Kier alpha value is -1.10. The van der Waals surface area contributed by atoms with Crippen molar-refractivity contribution in [2.24, 2.45) is 5.73 Å². The molecule has 4 heteroatoms. The quantitative estimate of drug-likeness (QED) is 0.872. The van der Waals surface area contributed by atoms with Crippen LogP contribution in [0.4, 0.5) is 0 Å². The molecular formula is C17H28N2O2. The van der Waals surface area contributed by atoms with Crippen molar-refractivity contribution in [1.82, 2.24) is 4.90 Å². The molecule has 1 aromatic rings. The highest BCUT2D eigenvalue weighted by molar-refractivity contribution is 5.28. The topological polar surface area (TPSA) is 47.7 Å². The highest BCUT2D eigenvalue weighted by atomic mass is 16.5. The van der Waals surface area contributed by atoms with E-state index in [0.29, 0.717) is 12.6 Å². The summed E-state index contributed by atoms with van der Waals surface area (Å²) in [5.74, 6) is 0.894. The molecule has 0 aromatic heterocycles. The zero-order valence-corrected chi connectivity index (χ0v) is 13.5. The Morgan fingerprint density at radius 2 is 2.10 bits per heavy atom. The van der Waals surface area contributed by atoms with E-state index in [4.69, 9.17) is 15.2 Å². The Morgan fingerprint density at radius 1 is 1.38 bits per heavy atom. The first kappa shape index (κ1) is 16.3. The van der Waals surface area contributed by atoms with Gasteiger partial charge in [-0.1, -0.05) is 19.1 Å². The van der Waals surface area contributed by atoms with Gasteiger partial charge in [-0.2, -0.15) is 0 Å². The van der Waals surface area contributed by atoms with Crippen LogP contribution in [0.5, 0.6) is 5.75 Å². The minimum absolute atomic E-state index is 0.0287. The average Bonchev–Trinajstić information content (AvgIpc) is 2.55. The SMILES string of the molecule is CCC1COCCN1C(C)(CN)Cc1ccc(OC)cc1. The fourth-order valence-electron chi connectivity index (χ4n) is 3.18. The summed E-state index contributed by atoms with van der Waals surface area (Å²) < 4.78 is 10.8. The van der Waals surface area contributed by atoms with Gasteiger partial charge in [0.25, 0.3) is 0 Å². The van der Waals surface area contributed by atoms with Gasteiger partial charge in [-0.25, -0.2) is 0 Å². The molecule has 0 radical (unpaired) electrons. The maximum absolute atomic E-state index is 6.15. The third-order valence-electron chi connectivity index (χ3n) is 4.58. The molecule has 0 spiro atoms. The van der Waals surface area contributed by atoms with Crippen LogP contribution in [-0.2, 0) is 11.2 Å². The molecule has 4 nitrogen and oxygen atoms in total. The van der Waals surface area contributed by atoms with Crippen LogP contribution >= 0.6 is 0 Å². The van der Waals surface area contributed by atoms with Gasteiger partial charge in [0, 0.05) is 24.7 Å². The Morgan fingerprint density at radius 3 is 2.67 bits per heavy atom. The predicted octanol–water partition coefficient (Wildman–Crippen LogP) is 2.07. The number of benzene rings is 1. The van der Waals surface area contributed by atoms with Gasteiger partial charge in [-0.05, 0) is 37.5 Å². The molecule has 21 heavy (non-hydrogen) atoms. The van der Waals surface area contributed by atoms with Crippen LogP contribution in [0, 0.1) is 0 Å². The molecule has 0 amide bonds. The Labute approximate surface area is 128 Å². The number of hydrogen-bond acceptors (Lipinski definition) is 4. The molecule has 2 unspecified atom stereocenters. The van der Waals surface area contributed by atoms with Gasteiger partial charge in [0.05, 0.1) is 20.3 Å². The Kier molecular flexibility index (Phi) is 5.62. The molecule has 1 saturated heterocycles. The molecule has 1 heterocycles. The molecule has 1 aliphatic heterocycles. The lowest BCUT2D eigenvalue weighted by Gasteiger charge is -2.47. The average molecular weight is 292 g/mol. The summed E-state index contributed by atoms with van der Waals surface area (Å²) in [4.78, 5) is 2.54. The highest BCUT2D eigenvalue weighted by Crippen LogP contribution is 2.26. The van der Waals surface area contributed by atoms with Crippen LogP contribution in [0.3, 0.4) is 0 Å². The van der Waals surface area contributed by atoms with Gasteiger partial charge in [0.15, 0.2) is 0 Å². The molecule has 1 aliphatic rings. The second-order valence-electron chi connectivity index (χ2n) is 6.06. The summed E-state index contributed by atoms with van der Waals surface area (Å²) in [5, 5.41) is 0. The fraction of sp³-hybridized carbons (Fsp3) is 0.647. The molecule has 0 saturated carbocycles. The lowest BCUT2D eigenvalue weighted by Crippen LogP contribution is -2.61. The van der Waals surface area contributed by atoms with E-state index in [1.807, 2.05) is 12.1 Å². The van der Waals surface area contributed by atoms with E-state index in [-0.39, 0.29) is 5.54 Å². The number of hydrogen-bond donors (Lipinski definition) is 1. The van der Waals surface area contributed by atoms with Crippen molar-refractivity contribution in [3.05, 3.63) is 29.8 Å². The van der Waals surface area contributed by atoms with Gasteiger partial charge < -0.3 is 15.2 Å². The largest absolute Gasteiger partial charge is 0.497 e. The monoisotopic (exact) mass is 292 g/mol. The number of nitrogens with two attached hydrogens (primary N) is 1. The van der Waals surface area contributed by atoms with E-state index >= 15 is 0 Å². The van der Waals surface area contributed by atoms with Gasteiger partial charge in [-0.15, -0.1) is 0 Å². The second-order valence-corrected chi connectivity index (χ2v) is 6.06. The smallest absolute Gasteiger partial charge is 0.118 e. The lowest BCUT2D eigenvalue weighted by molar-refractivity contribution is -0.0582. The molecule has 118 valence electrons. The fourth-order valence-corrected chi connectivity index (χ4v) is 3.18. The first-order chi connectivity index (χ1) is 10.1. The summed E-state index contributed by atoms with van der Waals surface area (Å²) in [6.07, 6.45) is 2.04. The van der Waals surface area contributed by atoms with E-state index in [0.717, 1.165) is 38.3 Å². The maximum Gasteiger partial charge on any atom is 0.118 e. The van der Waals surface area contributed by atoms with Crippen molar-refractivity contribution in [1.29, 1.82) is 0 Å². The zero-order valence-electron chi connectivity index (χ0n) is 13.5. The highest BCUT2D eigenvalue weighted by Gasteiger charge is 2.36. The number of nitrogens with zero attached hydrogens (tertiary/aromatic N) is 1. The van der Waals surface area contributed by atoms with Crippen molar-refractivity contribution < 1.29 is 9.47 Å². The zero-order chi connectivity index (χ0) is 15.3. The molecule has 1 aromatic carbocycles. The third-order valence-corrected chi connectivity index (χ3v) is 4.58. The minimum Gasteiger partial charge on any atom is -0.497 e. The minimum atomic E-state index is -0.0287. The van der Waals surface area contributed by atoms with Crippen LogP contribution in [0.2, 0.25) is 0 Å². The Bertz CT molecular complexity index is 435. The summed E-state index contributed by atoms with van der Waals surface area (Å²) >= 11 is 0.